The maximum Gasteiger partial charge on any atom is 0.407 e. The Morgan fingerprint density at radius 1 is 1.12 bits per heavy atom. The van der Waals surface area contributed by atoms with Crippen LogP contribution in [0, 0.1) is 5.92 Å². The van der Waals surface area contributed by atoms with Crippen LogP contribution in [-0.4, -0.2) is 65.9 Å². The van der Waals surface area contributed by atoms with Crippen molar-refractivity contribution in [2.75, 3.05) is 19.8 Å². The molecule has 0 bridgehead atoms. The Morgan fingerprint density at radius 2 is 1.76 bits per heavy atom. The van der Waals surface area contributed by atoms with Crippen molar-refractivity contribution >= 4 is 18.0 Å². The molecule has 2 fully saturated rings. The Morgan fingerprint density at radius 3 is 2.41 bits per heavy atom. The molecule has 178 valence electrons. The standard InChI is InChI=1S/C26H28N2O6/c1-15(24(29)28-21-10-11-33-23(21)12-22(28)25(30)31)13-27-26(32)34-14-20-18-8-4-2-6-16(18)17-7-3-5-9-19(17)20/h2-9,15,20-23H,10-14H2,1H3,(H,27,32)(H,30,31)/t15?,21-,22?,23-/m1/s1. The Balaban J connectivity index is 1.18. The molecule has 0 aromatic heterocycles. The molecule has 2 saturated heterocycles. The maximum atomic E-state index is 13.1. The lowest BCUT2D eigenvalue weighted by Gasteiger charge is -2.29. The van der Waals surface area contributed by atoms with Crippen LogP contribution in [0.15, 0.2) is 48.5 Å². The van der Waals surface area contributed by atoms with Gasteiger partial charge < -0.3 is 24.8 Å². The van der Waals surface area contributed by atoms with E-state index in [2.05, 4.69) is 29.6 Å². The van der Waals surface area contributed by atoms with E-state index in [1.54, 1.807) is 6.92 Å². The molecule has 4 atom stereocenters. The number of ether oxygens (including phenoxy) is 2. The molecular formula is C26H28N2O6. The first kappa shape index (κ1) is 22.4. The predicted octanol–water partition coefficient (Wildman–Crippen LogP) is 3.00. The van der Waals surface area contributed by atoms with E-state index in [-0.39, 0.29) is 37.1 Å². The highest BCUT2D eigenvalue weighted by atomic mass is 16.5. The summed E-state index contributed by atoms with van der Waals surface area (Å²) in [6.45, 7) is 2.47. The lowest BCUT2D eigenvalue weighted by Crippen LogP contribution is -2.49. The average molecular weight is 465 g/mol. The zero-order valence-electron chi connectivity index (χ0n) is 19.0. The van der Waals surface area contributed by atoms with Crippen molar-refractivity contribution in [1.29, 1.82) is 0 Å². The number of carboxylic acid groups (broad SMARTS) is 1. The van der Waals surface area contributed by atoms with Gasteiger partial charge in [0.05, 0.1) is 18.1 Å². The number of amides is 2. The third-order valence-corrected chi connectivity index (χ3v) is 7.18. The van der Waals surface area contributed by atoms with E-state index in [1.807, 2.05) is 24.3 Å². The fourth-order valence-electron chi connectivity index (χ4n) is 5.51. The van der Waals surface area contributed by atoms with Crippen LogP contribution < -0.4 is 5.32 Å². The van der Waals surface area contributed by atoms with Crippen LogP contribution in [0.5, 0.6) is 0 Å². The van der Waals surface area contributed by atoms with E-state index < -0.39 is 24.0 Å². The normalized spacial score (nSPS) is 23.7. The lowest BCUT2D eigenvalue weighted by molar-refractivity contribution is -0.151. The Labute approximate surface area is 197 Å². The molecule has 2 aromatic rings. The number of likely N-dealkylation sites (tertiary alicyclic amines) is 1. The van der Waals surface area contributed by atoms with E-state index in [0.717, 1.165) is 22.3 Å². The summed E-state index contributed by atoms with van der Waals surface area (Å²) in [6, 6.07) is 15.1. The highest BCUT2D eigenvalue weighted by Crippen LogP contribution is 2.44. The molecule has 2 heterocycles. The van der Waals surface area contributed by atoms with Crippen molar-refractivity contribution in [1.82, 2.24) is 10.2 Å². The van der Waals surface area contributed by atoms with Crippen LogP contribution in [-0.2, 0) is 19.1 Å². The van der Waals surface area contributed by atoms with Crippen molar-refractivity contribution in [2.24, 2.45) is 5.92 Å². The van der Waals surface area contributed by atoms with Crippen molar-refractivity contribution < 1.29 is 29.0 Å². The van der Waals surface area contributed by atoms with Gasteiger partial charge >= 0.3 is 12.1 Å². The summed E-state index contributed by atoms with van der Waals surface area (Å²) in [6.07, 6.45) is 0.109. The molecule has 5 rings (SSSR count). The van der Waals surface area contributed by atoms with Gasteiger partial charge in [-0.2, -0.15) is 0 Å². The topological polar surface area (TPSA) is 105 Å². The first-order chi connectivity index (χ1) is 16.5. The summed E-state index contributed by atoms with van der Waals surface area (Å²) in [5.74, 6) is -1.94. The van der Waals surface area contributed by atoms with E-state index in [0.29, 0.717) is 19.4 Å². The molecule has 3 aliphatic rings. The second kappa shape index (κ2) is 9.10. The SMILES string of the molecule is CC(CNC(=O)OCC1c2ccccc2-c2ccccc21)C(=O)N1C(C(=O)O)C[C@H]2OCC[C@H]21. The number of alkyl carbamates (subject to hydrolysis) is 1. The number of nitrogens with one attached hydrogen (secondary N) is 1. The smallest absolute Gasteiger partial charge is 0.407 e. The first-order valence-corrected chi connectivity index (χ1v) is 11.7. The highest BCUT2D eigenvalue weighted by Gasteiger charge is 2.50. The predicted molar refractivity (Wildman–Crippen MR) is 123 cm³/mol. The number of rotatable bonds is 6. The molecule has 2 unspecified atom stereocenters. The molecule has 1 aliphatic carbocycles. The summed E-state index contributed by atoms with van der Waals surface area (Å²) < 4.78 is 11.1. The third-order valence-electron chi connectivity index (χ3n) is 7.18. The molecule has 8 heteroatoms. The Kier molecular flexibility index (Phi) is 6.00. The monoisotopic (exact) mass is 464 g/mol. The minimum atomic E-state index is -1.02. The van der Waals surface area contributed by atoms with Crippen molar-refractivity contribution in [2.45, 2.75) is 43.9 Å². The van der Waals surface area contributed by atoms with Gasteiger partial charge in [0.2, 0.25) is 5.91 Å². The van der Waals surface area contributed by atoms with Gasteiger partial charge in [0.25, 0.3) is 0 Å². The number of aliphatic carboxylic acids is 1. The number of benzene rings is 2. The molecule has 0 spiro atoms. The lowest BCUT2D eigenvalue weighted by atomic mass is 9.98. The van der Waals surface area contributed by atoms with Crippen molar-refractivity contribution in [3.63, 3.8) is 0 Å². The second-order valence-electron chi connectivity index (χ2n) is 9.21. The van der Waals surface area contributed by atoms with Crippen LogP contribution >= 0.6 is 0 Å². The Hall–Kier alpha value is -3.39. The zero-order valence-corrected chi connectivity index (χ0v) is 19.0. The Bertz CT molecular complexity index is 1070. The number of nitrogens with zero attached hydrogens (tertiary/aromatic N) is 1. The molecule has 0 saturated carbocycles. The molecule has 2 N–H and O–H groups in total. The molecule has 2 amide bonds. The van der Waals surface area contributed by atoms with Gasteiger partial charge in [-0.1, -0.05) is 55.5 Å². The summed E-state index contributed by atoms with van der Waals surface area (Å²) in [4.78, 5) is 38.7. The number of hydrogen-bond acceptors (Lipinski definition) is 5. The van der Waals surface area contributed by atoms with E-state index in [4.69, 9.17) is 9.47 Å². The number of fused-ring (bicyclic) bond motifs is 4. The van der Waals surface area contributed by atoms with Crippen LogP contribution in [0.4, 0.5) is 4.79 Å². The van der Waals surface area contributed by atoms with Crippen LogP contribution in [0.2, 0.25) is 0 Å². The quantitative estimate of drug-likeness (QED) is 0.681. The first-order valence-electron chi connectivity index (χ1n) is 11.7. The van der Waals surface area contributed by atoms with Gasteiger partial charge in [-0.15, -0.1) is 0 Å². The highest BCUT2D eigenvalue weighted by molar-refractivity contribution is 5.86. The van der Waals surface area contributed by atoms with Gasteiger partial charge in [0.1, 0.15) is 12.6 Å². The van der Waals surface area contributed by atoms with Crippen molar-refractivity contribution in [3.05, 3.63) is 59.7 Å². The molecule has 34 heavy (non-hydrogen) atoms. The number of hydrogen-bond donors (Lipinski definition) is 2. The van der Waals surface area contributed by atoms with Crippen LogP contribution in [0.25, 0.3) is 11.1 Å². The van der Waals surface area contributed by atoms with E-state index in [9.17, 15) is 19.5 Å². The van der Waals surface area contributed by atoms with Gasteiger partial charge in [-0.05, 0) is 28.7 Å². The summed E-state index contributed by atoms with van der Waals surface area (Å²) in [7, 11) is 0. The largest absolute Gasteiger partial charge is 0.480 e. The van der Waals surface area contributed by atoms with Crippen LogP contribution in [0.3, 0.4) is 0 Å². The number of carbonyl (C=O) groups excluding carboxylic acids is 2. The zero-order chi connectivity index (χ0) is 23.8. The minimum absolute atomic E-state index is 0.0440. The van der Waals surface area contributed by atoms with Gasteiger partial charge in [0, 0.05) is 25.5 Å². The van der Waals surface area contributed by atoms with E-state index >= 15 is 0 Å². The second-order valence-corrected chi connectivity index (χ2v) is 9.21. The minimum Gasteiger partial charge on any atom is -0.480 e. The van der Waals surface area contributed by atoms with Crippen LogP contribution in [0.1, 0.15) is 36.8 Å². The summed E-state index contributed by atoms with van der Waals surface area (Å²) >= 11 is 0. The average Bonchev–Trinajstić information content (AvgIpc) is 3.52. The number of carbonyl (C=O) groups is 3. The van der Waals surface area contributed by atoms with Crippen molar-refractivity contribution in [3.8, 4) is 11.1 Å². The molecular weight excluding hydrogens is 436 g/mol. The van der Waals surface area contributed by atoms with Gasteiger partial charge in [0.15, 0.2) is 0 Å². The third kappa shape index (κ3) is 3.92. The maximum absolute atomic E-state index is 13.1. The molecule has 0 radical (unpaired) electrons. The van der Waals surface area contributed by atoms with Gasteiger partial charge in [-0.25, -0.2) is 9.59 Å². The summed E-state index contributed by atoms with van der Waals surface area (Å²) in [5.41, 5.74) is 4.56. The molecule has 8 nitrogen and oxygen atoms in total. The molecule has 2 aromatic carbocycles. The van der Waals surface area contributed by atoms with Gasteiger partial charge in [-0.3, -0.25) is 4.79 Å². The number of carboxylic acids is 1. The molecule has 2 aliphatic heterocycles. The summed E-state index contributed by atoms with van der Waals surface area (Å²) in [5, 5.41) is 12.2. The fourth-order valence-corrected chi connectivity index (χ4v) is 5.51. The van der Waals surface area contributed by atoms with E-state index in [1.165, 1.54) is 4.90 Å². The fraction of sp³-hybridized carbons (Fsp3) is 0.423.